The van der Waals surface area contributed by atoms with Crippen LogP contribution in [-0.2, 0) is 9.59 Å². The van der Waals surface area contributed by atoms with E-state index in [1.54, 1.807) is 6.07 Å². The molecule has 126 valence electrons. The van der Waals surface area contributed by atoms with Crippen LogP contribution >= 0.6 is 45.2 Å². The number of ether oxygens (including phenoxy) is 1. The van der Waals surface area contributed by atoms with E-state index in [-0.39, 0.29) is 11.8 Å². The summed E-state index contributed by atoms with van der Waals surface area (Å²) in [5.74, 6) is 1.06. The van der Waals surface area contributed by atoms with Gasteiger partial charge in [-0.1, -0.05) is 75.5 Å². The second kappa shape index (κ2) is 9.82. The molecule has 24 heavy (non-hydrogen) atoms. The van der Waals surface area contributed by atoms with E-state index < -0.39 is 6.17 Å². The highest BCUT2D eigenvalue weighted by Crippen LogP contribution is 2.24. The molecule has 0 spiro atoms. The zero-order chi connectivity index (χ0) is 17.4. The van der Waals surface area contributed by atoms with E-state index in [0.717, 1.165) is 11.3 Å². The summed E-state index contributed by atoms with van der Waals surface area (Å²) in [5, 5.41) is 5.60. The molecule has 0 fully saturated rings. The van der Waals surface area contributed by atoms with Gasteiger partial charge in [0.2, 0.25) is 11.8 Å². The highest BCUT2D eigenvalue weighted by Gasteiger charge is 2.16. The first-order chi connectivity index (χ1) is 11.6. The molecule has 5 nitrogen and oxygen atoms in total. The van der Waals surface area contributed by atoms with Crippen molar-refractivity contribution in [3.63, 3.8) is 0 Å². The number of hydrogen-bond acceptors (Lipinski definition) is 3. The van der Waals surface area contributed by atoms with Crippen LogP contribution in [0.2, 0.25) is 0 Å². The number of benzene rings is 2. The van der Waals surface area contributed by atoms with Crippen molar-refractivity contribution < 1.29 is 14.3 Å². The monoisotopic (exact) mass is 550 g/mol. The molecule has 0 unspecified atom stereocenters. The van der Waals surface area contributed by atoms with Gasteiger partial charge in [0, 0.05) is 0 Å². The fourth-order valence-electron chi connectivity index (χ4n) is 1.98. The topological polar surface area (TPSA) is 67.4 Å². The van der Waals surface area contributed by atoms with Crippen molar-refractivity contribution in [2.45, 2.75) is 6.17 Å². The van der Waals surface area contributed by atoms with Crippen molar-refractivity contribution in [1.82, 2.24) is 10.6 Å². The molecule has 0 aliphatic carbocycles. The van der Waals surface area contributed by atoms with E-state index in [4.69, 9.17) is 4.74 Å². The van der Waals surface area contributed by atoms with Crippen molar-refractivity contribution in [2.75, 3.05) is 8.86 Å². The average molecular weight is 550 g/mol. The Morgan fingerprint density at radius 2 is 1.46 bits per heavy atom. The van der Waals surface area contributed by atoms with Crippen molar-refractivity contribution in [2.24, 2.45) is 0 Å². The van der Waals surface area contributed by atoms with Gasteiger partial charge in [-0.05, 0) is 29.8 Å². The SMILES string of the molecule is O=C(CI)NC(NC(=O)CI)c1cccc(Oc2ccccc2)c1. The zero-order valence-electron chi connectivity index (χ0n) is 12.7. The molecule has 2 N–H and O–H groups in total. The molecule has 0 saturated carbocycles. The minimum Gasteiger partial charge on any atom is -0.457 e. The molecule has 2 aromatic carbocycles. The molecule has 0 heterocycles. The fraction of sp³-hybridized carbons (Fsp3) is 0.176. The van der Waals surface area contributed by atoms with Crippen molar-refractivity contribution in [3.05, 3.63) is 60.2 Å². The minimum absolute atomic E-state index is 0.149. The molecular weight excluding hydrogens is 534 g/mol. The van der Waals surface area contributed by atoms with Crippen LogP contribution in [0.15, 0.2) is 54.6 Å². The molecule has 0 aliphatic heterocycles. The van der Waals surface area contributed by atoms with E-state index in [9.17, 15) is 9.59 Å². The van der Waals surface area contributed by atoms with Gasteiger partial charge < -0.3 is 15.4 Å². The molecule has 2 aromatic rings. The molecule has 0 saturated heterocycles. The molecule has 0 bridgehead atoms. The van der Waals surface area contributed by atoms with Crippen LogP contribution in [0.3, 0.4) is 0 Å². The van der Waals surface area contributed by atoms with Crippen LogP contribution in [0.5, 0.6) is 11.5 Å². The highest BCUT2D eigenvalue weighted by atomic mass is 127. The lowest BCUT2D eigenvalue weighted by Gasteiger charge is -2.20. The Balaban J connectivity index is 2.20. The minimum atomic E-state index is -0.589. The lowest BCUT2D eigenvalue weighted by Crippen LogP contribution is -2.41. The first-order valence-electron chi connectivity index (χ1n) is 7.16. The van der Waals surface area contributed by atoms with Crippen LogP contribution in [0.1, 0.15) is 11.7 Å². The molecule has 0 atom stereocenters. The zero-order valence-corrected chi connectivity index (χ0v) is 17.0. The Morgan fingerprint density at radius 3 is 2.04 bits per heavy atom. The van der Waals surface area contributed by atoms with Crippen LogP contribution < -0.4 is 15.4 Å². The number of halogens is 2. The van der Waals surface area contributed by atoms with E-state index in [1.807, 2.05) is 93.7 Å². The molecule has 0 aromatic heterocycles. The summed E-state index contributed by atoms with van der Waals surface area (Å²) in [7, 11) is 0. The third-order valence-corrected chi connectivity index (χ3v) is 4.41. The predicted molar refractivity (Wildman–Crippen MR) is 110 cm³/mol. The van der Waals surface area contributed by atoms with Gasteiger partial charge in [0.1, 0.15) is 17.7 Å². The summed E-state index contributed by atoms with van der Waals surface area (Å²) in [6.07, 6.45) is -0.589. The quantitative estimate of drug-likeness (QED) is 0.315. The average Bonchev–Trinajstić information content (AvgIpc) is 2.62. The predicted octanol–water partition coefficient (Wildman–Crippen LogP) is 3.58. The maximum absolute atomic E-state index is 11.7. The molecule has 0 aliphatic rings. The van der Waals surface area contributed by atoms with Gasteiger partial charge in [-0.3, -0.25) is 9.59 Å². The Kier molecular flexibility index (Phi) is 7.76. The van der Waals surface area contributed by atoms with Gasteiger partial charge >= 0.3 is 0 Å². The smallest absolute Gasteiger partial charge is 0.231 e. The Labute approximate surface area is 167 Å². The number of rotatable bonds is 7. The first-order valence-corrected chi connectivity index (χ1v) is 10.2. The number of para-hydroxylation sites is 1. The lowest BCUT2D eigenvalue weighted by molar-refractivity contribution is -0.121. The van der Waals surface area contributed by atoms with Gasteiger partial charge in [-0.15, -0.1) is 0 Å². The lowest BCUT2D eigenvalue weighted by atomic mass is 10.1. The Hall–Kier alpha value is -1.36. The highest BCUT2D eigenvalue weighted by molar-refractivity contribution is 14.1. The largest absolute Gasteiger partial charge is 0.457 e. The third kappa shape index (κ3) is 5.93. The van der Waals surface area contributed by atoms with Crippen LogP contribution in [-0.4, -0.2) is 20.7 Å². The summed E-state index contributed by atoms with van der Waals surface area (Å²) >= 11 is 3.96. The maximum atomic E-state index is 11.7. The summed E-state index contributed by atoms with van der Waals surface area (Å²) in [5.41, 5.74) is 0.750. The van der Waals surface area contributed by atoms with Crippen LogP contribution in [0, 0.1) is 0 Å². The summed E-state index contributed by atoms with van der Waals surface area (Å²) < 4.78 is 6.43. The second-order valence-corrected chi connectivity index (χ2v) is 6.35. The Morgan fingerprint density at radius 1 is 0.875 bits per heavy atom. The van der Waals surface area contributed by atoms with Crippen LogP contribution in [0.25, 0.3) is 0 Å². The maximum Gasteiger partial charge on any atom is 0.231 e. The van der Waals surface area contributed by atoms with Gasteiger partial charge in [0.25, 0.3) is 0 Å². The van der Waals surface area contributed by atoms with Crippen molar-refractivity contribution >= 4 is 57.0 Å². The van der Waals surface area contributed by atoms with Crippen molar-refractivity contribution in [3.8, 4) is 11.5 Å². The standard InChI is InChI=1S/C17H16I2N2O3/c18-10-15(22)20-17(21-16(23)11-19)12-5-4-8-14(9-12)24-13-6-2-1-3-7-13/h1-9,17H,10-11H2,(H,20,22)(H,21,23). The summed E-state index contributed by atoms with van der Waals surface area (Å²) in [6.45, 7) is 0. The number of nitrogens with one attached hydrogen (secondary N) is 2. The van der Waals surface area contributed by atoms with Gasteiger partial charge in [-0.2, -0.15) is 0 Å². The van der Waals surface area contributed by atoms with E-state index >= 15 is 0 Å². The normalized spacial score (nSPS) is 10.3. The number of carbonyl (C=O) groups is 2. The molecule has 2 rings (SSSR count). The van der Waals surface area contributed by atoms with E-state index in [1.165, 1.54) is 0 Å². The first kappa shape index (κ1) is 19.0. The molecule has 7 heteroatoms. The molecule has 0 radical (unpaired) electrons. The number of carbonyl (C=O) groups excluding carboxylic acids is 2. The van der Waals surface area contributed by atoms with Crippen LogP contribution in [0.4, 0.5) is 0 Å². The van der Waals surface area contributed by atoms with Gasteiger partial charge in [0.15, 0.2) is 0 Å². The van der Waals surface area contributed by atoms with E-state index in [0.29, 0.717) is 14.6 Å². The third-order valence-electron chi connectivity index (χ3n) is 3.02. The fourth-order valence-corrected chi connectivity index (χ4v) is 2.42. The second-order valence-electron chi connectivity index (χ2n) is 4.82. The molecular formula is C17H16I2N2O3. The number of alkyl halides is 2. The number of amides is 2. The molecule has 2 amide bonds. The Bertz CT molecular complexity index is 677. The summed E-state index contributed by atoms with van der Waals surface area (Å²) in [4.78, 5) is 23.5. The van der Waals surface area contributed by atoms with E-state index in [2.05, 4.69) is 10.6 Å². The summed E-state index contributed by atoms with van der Waals surface area (Å²) in [6, 6.07) is 16.7. The van der Waals surface area contributed by atoms with Gasteiger partial charge in [-0.25, -0.2) is 0 Å². The van der Waals surface area contributed by atoms with Crippen molar-refractivity contribution in [1.29, 1.82) is 0 Å². The van der Waals surface area contributed by atoms with Gasteiger partial charge in [0.05, 0.1) is 8.86 Å². The number of hydrogen-bond donors (Lipinski definition) is 2.